The maximum Gasteiger partial charge on any atom is 0.253 e. The van der Waals surface area contributed by atoms with Gasteiger partial charge >= 0.3 is 0 Å². The fourth-order valence-electron chi connectivity index (χ4n) is 3.95. The number of piperazine rings is 1. The predicted octanol–water partition coefficient (Wildman–Crippen LogP) is 5.06. The summed E-state index contributed by atoms with van der Waals surface area (Å²) in [5.41, 5.74) is 4.32. The molecule has 0 bridgehead atoms. The van der Waals surface area contributed by atoms with Crippen molar-refractivity contribution in [1.82, 2.24) is 19.6 Å². The van der Waals surface area contributed by atoms with Crippen molar-refractivity contribution in [3.8, 4) is 0 Å². The van der Waals surface area contributed by atoms with Gasteiger partial charge < -0.3 is 4.90 Å². The van der Waals surface area contributed by atoms with E-state index < -0.39 is 0 Å². The summed E-state index contributed by atoms with van der Waals surface area (Å²) >= 11 is 9.71. The van der Waals surface area contributed by atoms with Crippen molar-refractivity contribution in [3.05, 3.63) is 85.9 Å². The van der Waals surface area contributed by atoms with Gasteiger partial charge in [0.25, 0.3) is 5.91 Å². The van der Waals surface area contributed by atoms with E-state index in [2.05, 4.69) is 25.9 Å². The molecule has 0 N–H and O–H groups in total. The van der Waals surface area contributed by atoms with Crippen molar-refractivity contribution in [2.75, 3.05) is 26.2 Å². The van der Waals surface area contributed by atoms with Crippen LogP contribution in [0.5, 0.6) is 0 Å². The Morgan fingerprint density at radius 2 is 1.75 bits per heavy atom. The van der Waals surface area contributed by atoms with Crippen LogP contribution in [0.1, 0.15) is 32.9 Å². The van der Waals surface area contributed by atoms with E-state index in [1.165, 1.54) is 6.07 Å². The van der Waals surface area contributed by atoms with Crippen LogP contribution in [-0.4, -0.2) is 51.7 Å². The number of halogens is 3. The number of rotatable bonds is 5. The van der Waals surface area contributed by atoms with Gasteiger partial charge in [0.2, 0.25) is 0 Å². The van der Waals surface area contributed by atoms with E-state index in [1.807, 2.05) is 47.7 Å². The summed E-state index contributed by atoms with van der Waals surface area (Å²) in [4.78, 5) is 16.9. The Labute approximate surface area is 200 Å². The van der Waals surface area contributed by atoms with Crippen LogP contribution in [0.15, 0.2) is 46.9 Å². The third-order valence-corrected chi connectivity index (χ3v) is 7.43. The Hall–Kier alpha value is -2.22. The molecule has 5 nitrogen and oxygen atoms in total. The van der Waals surface area contributed by atoms with Crippen LogP contribution in [0.3, 0.4) is 0 Å². The zero-order valence-corrected chi connectivity index (χ0v) is 20.5. The van der Waals surface area contributed by atoms with Crippen molar-refractivity contribution in [2.24, 2.45) is 0 Å². The highest BCUT2D eigenvalue weighted by molar-refractivity contribution is 9.10. The van der Waals surface area contributed by atoms with Crippen molar-refractivity contribution >= 4 is 33.4 Å². The van der Waals surface area contributed by atoms with E-state index in [9.17, 15) is 9.18 Å². The number of benzene rings is 2. The first-order chi connectivity index (χ1) is 15.3. The molecule has 4 rings (SSSR count). The van der Waals surface area contributed by atoms with Gasteiger partial charge in [-0.15, -0.1) is 0 Å². The predicted molar refractivity (Wildman–Crippen MR) is 128 cm³/mol. The van der Waals surface area contributed by atoms with Gasteiger partial charge in [-0.1, -0.05) is 29.8 Å². The zero-order chi connectivity index (χ0) is 22.8. The van der Waals surface area contributed by atoms with Gasteiger partial charge in [-0.2, -0.15) is 5.10 Å². The van der Waals surface area contributed by atoms with Crippen LogP contribution in [0.2, 0.25) is 5.02 Å². The molecule has 3 aromatic rings. The maximum absolute atomic E-state index is 14.1. The van der Waals surface area contributed by atoms with E-state index >= 15 is 0 Å². The first-order valence-electron chi connectivity index (χ1n) is 10.6. The average molecular weight is 520 g/mol. The molecule has 1 fully saturated rings. The molecule has 32 heavy (non-hydrogen) atoms. The molecule has 2 aromatic carbocycles. The number of hydrogen-bond acceptors (Lipinski definition) is 3. The summed E-state index contributed by atoms with van der Waals surface area (Å²) < 4.78 is 17.0. The molecule has 0 atom stereocenters. The summed E-state index contributed by atoms with van der Waals surface area (Å²) in [7, 11) is 0. The Bertz CT molecular complexity index is 1100. The highest BCUT2D eigenvalue weighted by atomic mass is 79.9. The Balaban J connectivity index is 1.34. The van der Waals surface area contributed by atoms with Crippen molar-refractivity contribution in [3.63, 3.8) is 0 Å². The highest BCUT2D eigenvalue weighted by Crippen LogP contribution is 2.22. The number of aromatic nitrogens is 2. The minimum atomic E-state index is -0.288. The molecule has 1 amide bonds. The number of carbonyl (C=O) groups is 1. The van der Waals surface area contributed by atoms with Crippen molar-refractivity contribution < 1.29 is 9.18 Å². The van der Waals surface area contributed by atoms with Gasteiger partial charge in [0, 0.05) is 48.9 Å². The molecule has 0 spiro atoms. The Morgan fingerprint density at radius 3 is 2.34 bits per heavy atom. The van der Waals surface area contributed by atoms with Gasteiger partial charge in [-0.05, 0) is 59.6 Å². The second-order valence-electron chi connectivity index (χ2n) is 8.11. The third kappa shape index (κ3) is 4.90. The zero-order valence-electron chi connectivity index (χ0n) is 18.1. The third-order valence-electron chi connectivity index (χ3n) is 5.93. The molecule has 2 heterocycles. The summed E-state index contributed by atoms with van der Waals surface area (Å²) in [6.07, 6.45) is 0. The first kappa shape index (κ1) is 23.0. The van der Waals surface area contributed by atoms with Crippen molar-refractivity contribution in [1.29, 1.82) is 0 Å². The second-order valence-corrected chi connectivity index (χ2v) is 9.31. The number of hydrogen-bond donors (Lipinski definition) is 0. The van der Waals surface area contributed by atoms with Crippen LogP contribution in [0.25, 0.3) is 0 Å². The molecule has 0 saturated carbocycles. The van der Waals surface area contributed by atoms with Gasteiger partial charge in [0.05, 0.1) is 22.4 Å². The lowest BCUT2D eigenvalue weighted by Crippen LogP contribution is -2.48. The topological polar surface area (TPSA) is 41.4 Å². The van der Waals surface area contributed by atoms with E-state index in [0.717, 1.165) is 21.4 Å². The molecule has 168 valence electrons. The van der Waals surface area contributed by atoms with Gasteiger partial charge in [-0.25, -0.2) is 4.39 Å². The molecule has 8 heteroatoms. The Kier molecular flexibility index (Phi) is 6.98. The van der Waals surface area contributed by atoms with E-state index in [0.29, 0.717) is 55.4 Å². The van der Waals surface area contributed by atoms with Crippen LogP contribution < -0.4 is 0 Å². The van der Waals surface area contributed by atoms with Crippen LogP contribution in [-0.2, 0) is 13.1 Å². The van der Waals surface area contributed by atoms with Gasteiger partial charge in [-0.3, -0.25) is 14.4 Å². The smallest absolute Gasteiger partial charge is 0.253 e. The molecular weight excluding hydrogens is 495 g/mol. The lowest BCUT2D eigenvalue weighted by Gasteiger charge is -2.35. The minimum Gasteiger partial charge on any atom is -0.336 e. The molecule has 1 aromatic heterocycles. The minimum absolute atomic E-state index is 0.0222. The summed E-state index contributed by atoms with van der Waals surface area (Å²) in [5, 5.41) is 4.98. The lowest BCUT2D eigenvalue weighted by molar-refractivity contribution is 0.0627. The number of amides is 1. The standard InChI is InChI=1S/C24H25BrClFN4O/c1-16-23(25)17(2)31(28-16)14-18-6-8-19(9-7-18)24(32)30-12-10-29(11-13-30)15-20-21(26)4-3-5-22(20)27/h3-9H,10-15H2,1-2H3. The molecule has 1 aliphatic heterocycles. The largest absolute Gasteiger partial charge is 0.336 e. The normalized spacial score (nSPS) is 14.7. The second kappa shape index (κ2) is 9.73. The lowest BCUT2D eigenvalue weighted by atomic mass is 10.1. The van der Waals surface area contributed by atoms with Gasteiger partial charge in [0.15, 0.2) is 0 Å². The summed E-state index contributed by atoms with van der Waals surface area (Å²) in [6, 6.07) is 12.5. The highest BCUT2D eigenvalue weighted by Gasteiger charge is 2.23. The quantitative estimate of drug-likeness (QED) is 0.473. The van der Waals surface area contributed by atoms with Crippen molar-refractivity contribution in [2.45, 2.75) is 26.9 Å². The number of carbonyl (C=O) groups excluding carboxylic acids is 1. The molecule has 0 aliphatic carbocycles. The molecule has 0 radical (unpaired) electrons. The number of nitrogens with zero attached hydrogens (tertiary/aromatic N) is 4. The van der Waals surface area contributed by atoms with E-state index in [1.54, 1.807) is 12.1 Å². The molecule has 1 aliphatic rings. The fraction of sp³-hybridized carbons (Fsp3) is 0.333. The van der Waals surface area contributed by atoms with Crippen LogP contribution in [0, 0.1) is 19.7 Å². The van der Waals surface area contributed by atoms with Gasteiger partial charge in [0.1, 0.15) is 5.82 Å². The van der Waals surface area contributed by atoms with E-state index in [-0.39, 0.29) is 11.7 Å². The monoisotopic (exact) mass is 518 g/mol. The molecular formula is C24H25BrClFN4O. The average Bonchev–Trinajstić information content (AvgIpc) is 3.03. The fourth-order valence-corrected chi connectivity index (χ4v) is 4.46. The van der Waals surface area contributed by atoms with Crippen LogP contribution >= 0.6 is 27.5 Å². The summed E-state index contributed by atoms with van der Waals surface area (Å²) in [5.74, 6) is -0.266. The van der Waals surface area contributed by atoms with E-state index in [4.69, 9.17) is 11.6 Å². The molecule has 0 unspecified atom stereocenters. The summed E-state index contributed by atoms with van der Waals surface area (Å²) in [6.45, 7) is 7.68. The maximum atomic E-state index is 14.1. The van der Waals surface area contributed by atoms with Crippen LogP contribution in [0.4, 0.5) is 4.39 Å². The first-order valence-corrected chi connectivity index (χ1v) is 11.7. The molecule has 1 saturated heterocycles. The Morgan fingerprint density at radius 1 is 1.06 bits per heavy atom. The SMILES string of the molecule is Cc1nn(Cc2ccc(C(=O)N3CCN(Cc4c(F)cccc4Cl)CC3)cc2)c(C)c1Br. The number of aryl methyl sites for hydroxylation is 1.